The molecule has 7 heteroatoms. The number of fused-ring (bicyclic) bond motifs is 1. The lowest BCUT2D eigenvalue weighted by Crippen LogP contribution is -2.52. The van der Waals surface area contributed by atoms with Crippen LogP contribution < -0.4 is 10.6 Å². The number of nitrogens with one attached hydrogen (secondary N) is 2. The highest BCUT2D eigenvalue weighted by molar-refractivity contribution is 5.90. The summed E-state index contributed by atoms with van der Waals surface area (Å²) in [5.74, 6) is -1.08. The molecule has 2 amide bonds. The van der Waals surface area contributed by atoms with Crippen molar-refractivity contribution in [2.24, 2.45) is 5.92 Å². The van der Waals surface area contributed by atoms with Crippen LogP contribution in [-0.4, -0.2) is 42.0 Å². The van der Waals surface area contributed by atoms with E-state index in [0.717, 1.165) is 10.9 Å². The highest BCUT2D eigenvalue weighted by atomic mass is 16.5. The second-order valence-corrected chi connectivity index (χ2v) is 7.17. The van der Waals surface area contributed by atoms with Gasteiger partial charge in [-0.15, -0.1) is 0 Å². The summed E-state index contributed by atoms with van der Waals surface area (Å²) in [4.78, 5) is 40.9. The van der Waals surface area contributed by atoms with Crippen molar-refractivity contribution in [1.29, 1.82) is 0 Å². The largest absolute Gasteiger partial charge is 0.467 e. The Morgan fingerprint density at radius 1 is 1.04 bits per heavy atom. The summed E-state index contributed by atoms with van der Waals surface area (Å²) < 4.78 is 4.85. The number of hydrogen-bond acceptors (Lipinski definition) is 5. The van der Waals surface area contributed by atoms with E-state index in [2.05, 4.69) is 15.6 Å². The van der Waals surface area contributed by atoms with Gasteiger partial charge in [0, 0.05) is 24.4 Å². The van der Waals surface area contributed by atoms with Crippen molar-refractivity contribution in [2.45, 2.75) is 45.7 Å². The first-order valence-electron chi connectivity index (χ1n) is 9.30. The van der Waals surface area contributed by atoms with E-state index in [1.807, 2.05) is 50.2 Å². The van der Waals surface area contributed by atoms with E-state index in [1.54, 1.807) is 0 Å². The minimum atomic E-state index is -0.894. The molecule has 0 aliphatic heterocycles. The van der Waals surface area contributed by atoms with Crippen molar-refractivity contribution in [1.82, 2.24) is 15.6 Å². The predicted molar refractivity (Wildman–Crippen MR) is 106 cm³/mol. The van der Waals surface area contributed by atoms with Gasteiger partial charge < -0.3 is 15.4 Å². The third-order valence-corrected chi connectivity index (χ3v) is 4.27. The van der Waals surface area contributed by atoms with Crippen molar-refractivity contribution in [3.05, 3.63) is 42.1 Å². The topological polar surface area (TPSA) is 97.4 Å². The number of amides is 2. The zero-order valence-corrected chi connectivity index (χ0v) is 16.7. The van der Waals surface area contributed by atoms with Crippen LogP contribution >= 0.6 is 0 Å². The van der Waals surface area contributed by atoms with Crippen molar-refractivity contribution >= 4 is 28.7 Å². The smallest absolute Gasteiger partial charge is 0.328 e. The van der Waals surface area contributed by atoms with Crippen LogP contribution in [0.15, 0.2) is 36.4 Å². The standard InChI is InChI=1S/C21H27N3O4/c1-13(2)11-18(22-14(3)25)20(26)24-19(21(27)28-4)12-16-10-9-15-7-5-6-8-17(15)23-16/h5-10,13,18-19H,11-12H2,1-4H3,(H,22,25)(H,24,26)/t18-,19+/m0/s1. The number of rotatable bonds is 8. The number of aromatic nitrogens is 1. The van der Waals surface area contributed by atoms with Crippen molar-refractivity contribution in [2.75, 3.05) is 7.11 Å². The monoisotopic (exact) mass is 385 g/mol. The van der Waals surface area contributed by atoms with Gasteiger partial charge in [-0.2, -0.15) is 0 Å². The molecular formula is C21H27N3O4. The summed E-state index contributed by atoms with van der Waals surface area (Å²) in [6.45, 7) is 5.27. The van der Waals surface area contributed by atoms with Gasteiger partial charge in [-0.25, -0.2) is 4.79 Å². The van der Waals surface area contributed by atoms with Gasteiger partial charge in [0.05, 0.1) is 12.6 Å². The van der Waals surface area contributed by atoms with Crippen molar-refractivity contribution in [3.8, 4) is 0 Å². The molecule has 0 bridgehead atoms. The highest BCUT2D eigenvalue weighted by Crippen LogP contribution is 2.13. The van der Waals surface area contributed by atoms with Crippen molar-refractivity contribution < 1.29 is 19.1 Å². The lowest BCUT2D eigenvalue weighted by Gasteiger charge is -2.23. The van der Waals surface area contributed by atoms with Gasteiger partial charge in [-0.05, 0) is 24.5 Å². The zero-order chi connectivity index (χ0) is 20.7. The Kier molecular flexibility index (Phi) is 7.49. The predicted octanol–water partition coefficient (Wildman–Crippen LogP) is 1.99. The van der Waals surface area contributed by atoms with Gasteiger partial charge in [0.1, 0.15) is 12.1 Å². The molecule has 0 aliphatic rings. The summed E-state index contributed by atoms with van der Waals surface area (Å²) in [7, 11) is 1.27. The molecule has 1 aromatic carbocycles. The quantitative estimate of drug-likeness (QED) is 0.677. The number of hydrogen-bond donors (Lipinski definition) is 2. The Bertz CT molecular complexity index is 850. The van der Waals surface area contributed by atoms with E-state index in [4.69, 9.17) is 4.74 Å². The van der Waals surface area contributed by atoms with E-state index in [0.29, 0.717) is 12.1 Å². The molecule has 0 radical (unpaired) electrons. The summed E-state index contributed by atoms with van der Waals surface area (Å²) in [5.41, 5.74) is 1.47. The first-order chi connectivity index (χ1) is 13.3. The number of nitrogens with zero attached hydrogens (tertiary/aromatic N) is 1. The molecule has 0 aliphatic carbocycles. The molecule has 0 saturated heterocycles. The van der Waals surface area contributed by atoms with E-state index in [9.17, 15) is 14.4 Å². The molecular weight excluding hydrogens is 358 g/mol. The van der Waals surface area contributed by atoms with Crippen LogP contribution in [0, 0.1) is 5.92 Å². The van der Waals surface area contributed by atoms with Crippen LogP contribution in [0.4, 0.5) is 0 Å². The average molecular weight is 385 g/mol. The SMILES string of the molecule is COC(=O)[C@@H](Cc1ccc2ccccc2n1)NC(=O)[C@H](CC(C)C)NC(C)=O. The average Bonchev–Trinajstić information content (AvgIpc) is 2.65. The van der Waals surface area contributed by atoms with Gasteiger partial charge >= 0.3 is 5.97 Å². The number of ether oxygens (including phenoxy) is 1. The fourth-order valence-corrected chi connectivity index (χ4v) is 2.99. The Morgan fingerprint density at radius 3 is 2.39 bits per heavy atom. The molecule has 1 heterocycles. The van der Waals surface area contributed by atoms with E-state index in [1.165, 1.54) is 14.0 Å². The van der Waals surface area contributed by atoms with Gasteiger partial charge in [-0.3, -0.25) is 14.6 Å². The number of para-hydroxylation sites is 1. The van der Waals surface area contributed by atoms with Crippen LogP contribution in [0.25, 0.3) is 10.9 Å². The number of benzene rings is 1. The molecule has 0 unspecified atom stereocenters. The molecule has 28 heavy (non-hydrogen) atoms. The summed E-state index contributed by atoms with van der Waals surface area (Å²) in [6, 6.07) is 9.80. The second kappa shape index (κ2) is 9.82. The molecule has 0 saturated carbocycles. The normalized spacial score (nSPS) is 13.0. The van der Waals surface area contributed by atoms with Crippen LogP contribution in [0.3, 0.4) is 0 Å². The minimum Gasteiger partial charge on any atom is -0.467 e. The van der Waals surface area contributed by atoms with Crippen LogP contribution in [0.1, 0.15) is 32.9 Å². The summed E-state index contributed by atoms with van der Waals surface area (Å²) in [5, 5.41) is 6.34. The molecule has 1 aromatic heterocycles. The Hall–Kier alpha value is -2.96. The fourth-order valence-electron chi connectivity index (χ4n) is 2.99. The third-order valence-electron chi connectivity index (χ3n) is 4.27. The van der Waals surface area contributed by atoms with Crippen molar-refractivity contribution in [3.63, 3.8) is 0 Å². The maximum absolute atomic E-state index is 12.7. The number of carbonyl (C=O) groups is 3. The Morgan fingerprint density at radius 2 is 1.75 bits per heavy atom. The molecule has 0 fully saturated rings. The lowest BCUT2D eigenvalue weighted by atomic mass is 10.0. The third kappa shape index (κ3) is 6.04. The lowest BCUT2D eigenvalue weighted by molar-refractivity contribution is -0.145. The minimum absolute atomic E-state index is 0.192. The van der Waals surface area contributed by atoms with Crippen LogP contribution in [0.5, 0.6) is 0 Å². The maximum atomic E-state index is 12.7. The second-order valence-electron chi connectivity index (χ2n) is 7.17. The van der Waals surface area contributed by atoms with Gasteiger partial charge in [0.25, 0.3) is 0 Å². The number of pyridine rings is 1. The maximum Gasteiger partial charge on any atom is 0.328 e. The molecule has 150 valence electrons. The number of carbonyl (C=O) groups excluding carboxylic acids is 3. The molecule has 2 aromatic rings. The highest BCUT2D eigenvalue weighted by Gasteiger charge is 2.27. The number of esters is 1. The number of methoxy groups -OCH3 is 1. The molecule has 0 spiro atoms. The van der Waals surface area contributed by atoms with E-state index in [-0.39, 0.29) is 18.2 Å². The van der Waals surface area contributed by atoms with Crippen LogP contribution in [-0.2, 0) is 25.5 Å². The molecule has 2 rings (SSSR count). The van der Waals surface area contributed by atoms with Gasteiger partial charge in [-0.1, -0.05) is 38.1 Å². The summed E-state index contributed by atoms with van der Waals surface area (Å²) >= 11 is 0. The Labute approximate surface area is 164 Å². The van der Waals surface area contributed by atoms with Gasteiger partial charge in [0.2, 0.25) is 11.8 Å². The summed E-state index contributed by atoms with van der Waals surface area (Å²) in [6.07, 6.45) is 0.658. The zero-order valence-electron chi connectivity index (χ0n) is 16.7. The van der Waals surface area contributed by atoms with E-state index < -0.39 is 24.0 Å². The van der Waals surface area contributed by atoms with Gasteiger partial charge in [0.15, 0.2) is 0 Å². The molecule has 7 nitrogen and oxygen atoms in total. The van der Waals surface area contributed by atoms with Crippen LogP contribution in [0.2, 0.25) is 0 Å². The molecule has 2 atom stereocenters. The molecule has 2 N–H and O–H groups in total. The fraction of sp³-hybridized carbons (Fsp3) is 0.429. The first kappa shape index (κ1) is 21.3. The first-order valence-corrected chi connectivity index (χ1v) is 9.30. The van der Waals surface area contributed by atoms with E-state index >= 15 is 0 Å². The Balaban J connectivity index is 2.18.